The summed E-state index contributed by atoms with van der Waals surface area (Å²) in [6.07, 6.45) is 3.39. The van der Waals surface area contributed by atoms with Gasteiger partial charge in [-0.1, -0.05) is 6.07 Å². The fraction of sp³-hybridized carbons (Fsp3) is 0.333. The van der Waals surface area contributed by atoms with Gasteiger partial charge in [-0.3, -0.25) is 19.6 Å². The summed E-state index contributed by atoms with van der Waals surface area (Å²) in [6.45, 7) is 1.59. The molecule has 2 aromatic heterocycles. The summed E-state index contributed by atoms with van der Waals surface area (Å²) in [5, 5.41) is 0. The number of carbonyl (C=O) groups excluding carboxylic acids is 1. The van der Waals surface area contributed by atoms with Crippen molar-refractivity contribution in [1.82, 2.24) is 19.4 Å². The molecule has 1 aliphatic heterocycles. The molecule has 1 saturated heterocycles. The summed E-state index contributed by atoms with van der Waals surface area (Å²) in [5.41, 5.74) is 0.0761. The summed E-state index contributed by atoms with van der Waals surface area (Å²) in [4.78, 5) is 42.8. The van der Waals surface area contributed by atoms with Crippen molar-refractivity contribution in [3.05, 3.63) is 63.2 Å². The SMILES string of the molecule is O=C(CCn1ccc(=O)[nH]c1=O)N1CC(c2ccccn2)C1. The van der Waals surface area contributed by atoms with Gasteiger partial charge in [0.05, 0.1) is 0 Å². The third-order valence-corrected chi connectivity index (χ3v) is 3.80. The summed E-state index contributed by atoms with van der Waals surface area (Å²) < 4.78 is 1.33. The predicted octanol–water partition coefficient (Wildman–Crippen LogP) is -0.0523. The highest BCUT2D eigenvalue weighted by atomic mass is 16.2. The second-order valence-electron chi connectivity index (χ2n) is 5.30. The van der Waals surface area contributed by atoms with Crippen LogP contribution in [-0.2, 0) is 11.3 Å². The molecule has 0 atom stereocenters. The molecule has 1 fully saturated rings. The molecule has 3 rings (SSSR count). The van der Waals surface area contributed by atoms with Crippen LogP contribution in [0.2, 0.25) is 0 Å². The van der Waals surface area contributed by atoms with Crippen molar-refractivity contribution in [2.75, 3.05) is 13.1 Å². The number of nitrogens with one attached hydrogen (secondary N) is 1. The quantitative estimate of drug-likeness (QED) is 0.857. The summed E-state index contributed by atoms with van der Waals surface area (Å²) in [6, 6.07) is 7.04. The van der Waals surface area contributed by atoms with E-state index in [1.165, 1.54) is 16.8 Å². The molecule has 114 valence electrons. The number of rotatable bonds is 4. The number of pyridine rings is 1. The van der Waals surface area contributed by atoms with E-state index >= 15 is 0 Å². The van der Waals surface area contributed by atoms with Crippen LogP contribution in [0, 0.1) is 0 Å². The van der Waals surface area contributed by atoms with E-state index in [0.717, 1.165) is 5.69 Å². The second kappa shape index (κ2) is 5.97. The van der Waals surface area contributed by atoms with Crippen LogP contribution in [0.4, 0.5) is 0 Å². The summed E-state index contributed by atoms with van der Waals surface area (Å²) in [5.74, 6) is 0.297. The fourth-order valence-electron chi connectivity index (χ4n) is 2.48. The van der Waals surface area contributed by atoms with Crippen LogP contribution in [0.1, 0.15) is 18.0 Å². The molecule has 0 bridgehead atoms. The Morgan fingerprint density at radius 1 is 1.27 bits per heavy atom. The molecule has 7 nitrogen and oxygen atoms in total. The number of amides is 1. The Kier molecular flexibility index (Phi) is 3.86. The van der Waals surface area contributed by atoms with Gasteiger partial charge in [-0.15, -0.1) is 0 Å². The van der Waals surface area contributed by atoms with Gasteiger partial charge in [0.1, 0.15) is 0 Å². The molecule has 22 heavy (non-hydrogen) atoms. The monoisotopic (exact) mass is 300 g/mol. The Morgan fingerprint density at radius 2 is 2.09 bits per heavy atom. The van der Waals surface area contributed by atoms with Crippen LogP contribution in [-0.4, -0.2) is 38.4 Å². The second-order valence-corrected chi connectivity index (χ2v) is 5.30. The first-order chi connectivity index (χ1) is 10.6. The molecule has 0 saturated carbocycles. The summed E-state index contributed by atoms with van der Waals surface area (Å²) >= 11 is 0. The maximum Gasteiger partial charge on any atom is 0.328 e. The lowest BCUT2D eigenvalue weighted by atomic mass is 9.95. The van der Waals surface area contributed by atoms with E-state index in [4.69, 9.17) is 0 Å². The first kappa shape index (κ1) is 14.2. The molecular formula is C15H16N4O3. The fourth-order valence-corrected chi connectivity index (χ4v) is 2.48. The van der Waals surface area contributed by atoms with Crippen molar-refractivity contribution in [3.63, 3.8) is 0 Å². The normalized spacial score (nSPS) is 14.6. The number of aryl methyl sites for hydroxylation is 1. The number of aromatic amines is 1. The molecule has 3 heterocycles. The van der Waals surface area contributed by atoms with Crippen LogP contribution in [0.25, 0.3) is 0 Å². The smallest absolute Gasteiger partial charge is 0.328 e. The van der Waals surface area contributed by atoms with Crippen molar-refractivity contribution in [2.45, 2.75) is 18.9 Å². The van der Waals surface area contributed by atoms with Gasteiger partial charge in [0.2, 0.25) is 5.91 Å². The molecule has 1 amide bonds. The van der Waals surface area contributed by atoms with Crippen molar-refractivity contribution in [3.8, 4) is 0 Å². The third kappa shape index (κ3) is 2.98. The largest absolute Gasteiger partial charge is 0.341 e. The van der Waals surface area contributed by atoms with E-state index in [9.17, 15) is 14.4 Å². The number of hydrogen-bond acceptors (Lipinski definition) is 4. The maximum absolute atomic E-state index is 12.1. The van der Waals surface area contributed by atoms with Crippen LogP contribution in [0.15, 0.2) is 46.2 Å². The molecule has 0 spiro atoms. The van der Waals surface area contributed by atoms with Crippen LogP contribution < -0.4 is 11.2 Å². The molecule has 0 aromatic carbocycles. The Bertz CT molecular complexity index is 775. The van der Waals surface area contributed by atoms with Crippen molar-refractivity contribution < 1.29 is 4.79 Å². The standard InChI is InChI=1S/C15H16N4O3/c20-13-4-7-18(15(22)17-13)8-5-14(21)19-9-11(10-19)12-3-1-2-6-16-12/h1-4,6-7,11H,5,8-10H2,(H,17,20,22). The highest BCUT2D eigenvalue weighted by molar-refractivity contribution is 5.77. The van der Waals surface area contributed by atoms with Crippen LogP contribution in [0.3, 0.4) is 0 Å². The first-order valence-corrected chi connectivity index (χ1v) is 7.12. The number of aromatic nitrogens is 3. The van der Waals surface area contributed by atoms with E-state index in [-0.39, 0.29) is 18.9 Å². The van der Waals surface area contributed by atoms with Gasteiger partial charge in [-0.05, 0) is 12.1 Å². The number of likely N-dealkylation sites (tertiary alicyclic amines) is 1. The maximum atomic E-state index is 12.1. The number of nitrogens with zero attached hydrogens (tertiary/aromatic N) is 3. The molecule has 2 aromatic rings. The van der Waals surface area contributed by atoms with Crippen molar-refractivity contribution in [2.24, 2.45) is 0 Å². The minimum Gasteiger partial charge on any atom is -0.341 e. The Morgan fingerprint density at radius 3 is 2.77 bits per heavy atom. The van der Waals surface area contributed by atoms with Gasteiger partial charge in [-0.25, -0.2) is 4.79 Å². The van der Waals surface area contributed by atoms with Crippen LogP contribution in [0.5, 0.6) is 0 Å². The van der Waals surface area contributed by atoms with Crippen molar-refractivity contribution >= 4 is 5.91 Å². The minimum atomic E-state index is -0.490. The van der Waals surface area contributed by atoms with Gasteiger partial charge < -0.3 is 9.47 Å². The number of carbonyl (C=O) groups is 1. The molecular weight excluding hydrogens is 284 g/mol. The van der Waals surface area contributed by atoms with Crippen LogP contribution >= 0.6 is 0 Å². The zero-order valence-electron chi connectivity index (χ0n) is 11.9. The average molecular weight is 300 g/mol. The Hall–Kier alpha value is -2.70. The lowest BCUT2D eigenvalue weighted by Gasteiger charge is -2.39. The highest BCUT2D eigenvalue weighted by Gasteiger charge is 2.31. The average Bonchev–Trinajstić information content (AvgIpc) is 2.46. The van der Waals surface area contributed by atoms with Gasteiger partial charge in [0.15, 0.2) is 0 Å². The minimum absolute atomic E-state index is 0.00489. The molecule has 0 unspecified atom stereocenters. The molecule has 0 radical (unpaired) electrons. The van der Waals surface area contributed by atoms with Gasteiger partial charge in [0, 0.05) is 56.1 Å². The predicted molar refractivity (Wildman–Crippen MR) is 79.5 cm³/mol. The van der Waals surface area contributed by atoms with Crippen molar-refractivity contribution in [1.29, 1.82) is 0 Å². The molecule has 1 aliphatic rings. The molecule has 1 N–H and O–H groups in total. The zero-order chi connectivity index (χ0) is 15.5. The topological polar surface area (TPSA) is 88.1 Å². The molecule has 0 aliphatic carbocycles. The molecule has 7 heteroatoms. The number of H-pyrrole nitrogens is 1. The number of hydrogen-bond donors (Lipinski definition) is 1. The Labute approximate surface area is 126 Å². The summed E-state index contributed by atoms with van der Waals surface area (Å²) in [7, 11) is 0. The van der Waals surface area contributed by atoms with E-state index in [1.807, 2.05) is 18.2 Å². The van der Waals surface area contributed by atoms with E-state index in [1.54, 1.807) is 11.1 Å². The Balaban J connectivity index is 1.52. The highest BCUT2D eigenvalue weighted by Crippen LogP contribution is 2.25. The van der Waals surface area contributed by atoms with E-state index in [2.05, 4.69) is 9.97 Å². The lowest BCUT2D eigenvalue weighted by molar-refractivity contribution is -0.135. The van der Waals surface area contributed by atoms with Gasteiger partial charge in [-0.2, -0.15) is 0 Å². The van der Waals surface area contributed by atoms with Gasteiger partial charge >= 0.3 is 5.69 Å². The zero-order valence-corrected chi connectivity index (χ0v) is 11.9. The lowest BCUT2D eigenvalue weighted by Crippen LogP contribution is -2.49. The first-order valence-electron chi connectivity index (χ1n) is 7.12. The van der Waals surface area contributed by atoms with Gasteiger partial charge in [0.25, 0.3) is 5.56 Å². The van der Waals surface area contributed by atoms with E-state index < -0.39 is 11.2 Å². The third-order valence-electron chi connectivity index (χ3n) is 3.80. The van der Waals surface area contributed by atoms with E-state index in [0.29, 0.717) is 19.0 Å².